The number of nitrogens with zero attached hydrogens (tertiary/aromatic N) is 1. The Labute approximate surface area is 140 Å². The van der Waals surface area contributed by atoms with Crippen LogP contribution in [-0.4, -0.2) is 43.1 Å². The Morgan fingerprint density at radius 2 is 2.17 bits per heavy atom. The van der Waals surface area contributed by atoms with Crippen LogP contribution in [0.25, 0.3) is 0 Å². The highest BCUT2D eigenvalue weighted by molar-refractivity contribution is 7.92. The summed E-state index contributed by atoms with van der Waals surface area (Å²) >= 11 is 0. The number of ketones is 1. The Kier molecular flexibility index (Phi) is 3.74. The van der Waals surface area contributed by atoms with Crippen LogP contribution in [0.3, 0.4) is 0 Å². The first-order valence-electron chi connectivity index (χ1n) is 7.92. The van der Waals surface area contributed by atoms with E-state index in [1.54, 1.807) is 0 Å². The lowest BCUT2D eigenvalue weighted by atomic mass is 9.70. The lowest BCUT2D eigenvalue weighted by Gasteiger charge is -2.36. The van der Waals surface area contributed by atoms with Gasteiger partial charge in [0.1, 0.15) is 5.78 Å². The zero-order valence-electron chi connectivity index (χ0n) is 14.0. The Hall–Kier alpha value is -1.90. The third kappa shape index (κ3) is 2.33. The largest absolute Gasteiger partial charge is 0.354 e. The van der Waals surface area contributed by atoms with Crippen molar-refractivity contribution in [3.63, 3.8) is 0 Å². The fourth-order valence-electron chi connectivity index (χ4n) is 4.30. The SMILES string of the molecule is CNC(=O)c1n[nH]cc1NS(=O)(=O)C[C@]12CCC(CC1=O)C2(C)C. The molecule has 2 saturated carbocycles. The van der Waals surface area contributed by atoms with E-state index < -0.39 is 21.3 Å². The summed E-state index contributed by atoms with van der Waals surface area (Å²) in [5.41, 5.74) is -1.12. The van der Waals surface area contributed by atoms with Crippen LogP contribution in [0.5, 0.6) is 0 Å². The molecule has 2 aliphatic rings. The first-order chi connectivity index (χ1) is 11.1. The molecule has 2 atom stereocenters. The Balaban J connectivity index is 1.87. The van der Waals surface area contributed by atoms with E-state index in [2.05, 4.69) is 20.2 Å². The Morgan fingerprint density at radius 3 is 2.71 bits per heavy atom. The number of nitrogens with one attached hydrogen (secondary N) is 3. The van der Waals surface area contributed by atoms with Crippen molar-refractivity contribution in [1.29, 1.82) is 0 Å². The molecule has 1 unspecified atom stereocenters. The molecule has 2 aliphatic carbocycles. The monoisotopic (exact) mass is 354 g/mol. The first kappa shape index (κ1) is 16.9. The normalized spacial score (nSPS) is 28.1. The topological polar surface area (TPSA) is 121 Å². The number of rotatable bonds is 5. The second kappa shape index (κ2) is 5.30. The average molecular weight is 354 g/mol. The van der Waals surface area contributed by atoms with E-state index >= 15 is 0 Å². The second-order valence-electron chi connectivity index (χ2n) is 7.25. The van der Waals surface area contributed by atoms with Gasteiger partial charge in [0.25, 0.3) is 5.91 Å². The predicted molar refractivity (Wildman–Crippen MR) is 87.9 cm³/mol. The molecule has 0 radical (unpaired) electrons. The molecule has 1 heterocycles. The molecule has 0 saturated heterocycles. The maximum Gasteiger partial charge on any atom is 0.273 e. The molecule has 1 amide bonds. The first-order valence-corrected chi connectivity index (χ1v) is 9.58. The van der Waals surface area contributed by atoms with Crippen LogP contribution in [0, 0.1) is 16.7 Å². The lowest BCUT2D eigenvalue weighted by molar-refractivity contribution is -0.128. The van der Waals surface area contributed by atoms with E-state index in [0.717, 1.165) is 6.42 Å². The van der Waals surface area contributed by atoms with Gasteiger partial charge < -0.3 is 5.32 Å². The van der Waals surface area contributed by atoms with Gasteiger partial charge in [-0.3, -0.25) is 19.4 Å². The van der Waals surface area contributed by atoms with Gasteiger partial charge in [-0.05, 0) is 24.2 Å². The fourth-order valence-corrected chi connectivity index (χ4v) is 6.18. The van der Waals surface area contributed by atoms with Gasteiger partial charge in [-0.2, -0.15) is 5.10 Å². The Bertz CT molecular complexity index is 798. The summed E-state index contributed by atoms with van der Waals surface area (Å²) in [7, 11) is -2.37. The van der Waals surface area contributed by atoms with Crippen molar-refractivity contribution < 1.29 is 18.0 Å². The van der Waals surface area contributed by atoms with Crippen molar-refractivity contribution in [3.8, 4) is 0 Å². The minimum absolute atomic E-state index is 0.0279. The molecule has 2 bridgehead atoms. The summed E-state index contributed by atoms with van der Waals surface area (Å²) in [5.74, 6) is -0.477. The summed E-state index contributed by atoms with van der Waals surface area (Å²) in [6.45, 7) is 3.97. The summed E-state index contributed by atoms with van der Waals surface area (Å²) in [6.07, 6.45) is 3.25. The van der Waals surface area contributed by atoms with Crippen molar-refractivity contribution in [1.82, 2.24) is 15.5 Å². The summed E-state index contributed by atoms with van der Waals surface area (Å²) in [4.78, 5) is 24.2. The highest BCUT2D eigenvalue weighted by atomic mass is 32.2. The quantitative estimate of drug-likeness (QED) is 0.725. The molecule has 9 heteroatoms. The van der Waals surface area contributed by atoms with Crippen molar-refractivity contribution in [2.45, 2.75) is 33.1 Å². The third-order valence-electron chi connectivity index (χ3n) is 5.92. The van der Waals surface area contributed by atoms with Crippen LogP contribution in [0.4, 0.5) is 5.69 Å². The molecule has 0 aliphatic heterocycles. The molecular formula is C15H22N4O4S. The summed E-state index contributed by atoms with van der Waals surface area (Å²) in [6, 6.07) is 0. The number of aromatic amines is 1. The van der Waals surface area contributed by atoms with E-state index in [9.17, 15) is 18.0 Å². The van der Waals surface area contributed by atoms with Crippen molar-refractivity contribution >= 4 is 27.4 Å². The van der Waals surface area contributed by atoms with E-state index in [4.69, 9.17) is 0 Å². The highest BCUT2D eigenvalue weighted by Crippen LogP contribution is 2.64. The molecule has 3 rings (SSSR count). The molecule has 8 nitrogen and oxygen atoms in total. The molecule has 24 heavy (non-hydrogen) atoms. The fraction of sp³-hybridized carbons (Fsp3) is 0.667. The number of amides is 1. The summed E-state index contributed by atoms with van der Waals surface area (Å²) < 4.78 is 27.8. The van der Waals surface area contributed by atoms with Gasteiger partial charge in [-0.15, -0.1) is 0 Å². The molecule has 132 valence electrons. The number of carbonyl (C=O) groups excluding carboxylic acids is 2. The molecule has 3 N–H and O–H groups in total. The van der Waals surface area contributed by atoms with Gasteiger partial charge in [0.2, 0.25) is 10.0 Å². The zero-order valence-corrected chi connectivity index (χ0v) is 14.8. The van der Waals surface area contributed by atoms with Gasteiger partial charge >= 0.3 is 0 Å². The number of Topliss-reactive ketones (excluding diaryl/α,β-unsaturated/α-hetero) is 1. The van der Waals surface area contributed by atoms with Crippen LogP contribution in [0.15, 0.2) is 6.20 Å². The Morgan fingerprint density at radius 1 is 1.46 bits per heavy atom. The number of hydrogen-bond acceptors (Lipinski definition) is 5. The number of hydrogen-bond donors (Lipinski definition) is 3. The van der Waals surface area contributed by atoms with Crippen molar-refractivity contribution in [3.05, 3.63) is 11.9 Å². The van der Waals surface area contributed by atoms with E-state index in [0.29, 0.717) is 12.8 Å². The van der Waals surface area contributed by atoms with Gasteiger partial charge in [-0.25, -0.2) is 8.42 Å². The van der Waals surface area contributed by atoms with Crippen LogP contribution in [0.1, 0.15) is 43.6 Å². The second-order valence-corrected chi connectivity index (χ2v) is 8.98. The van der Waals surface area contributed by atoms with Gasteiger partial charge in [0.15, 0.2) is 5.69 Å². The van der Waals surface area contributed by atoms with E-state index in [1.807, 2.05) is 13.8 Å². The minimum Gasteiger partial charge on any atom is -0.354 e. The van der Waals surface area contributed by atoms with Crippen LogP contribution >= 0.6 is 0 Å². The molecular weight excluding hydrogens is 332 g/mol. The van der Waals surface area contributed by atoms with E-state index in [1.165, 1.54) is 13.2 Å². The molecule has 0 aromatic carbocycles. The number of anilines is 1. The number of fused-ring (bicyclic) bond motifs is 2. The standard InChI is InChI=1S/C15H22N4O4S/c1-14(2)9-4-5-15(14,11(20)6-9)8-24(22,23)19-10-7-17-18-12(10)13(21)16-3/h7,9,19H,4-6,8H2,1-3H3,(H,16,21)(H,17,18)/t9?,15-/m1/s1. The van der Waals surface area contributed by atoms with Gasteiger partial charge in [-0.1, -0.05) is 13.8 Å². The molecule has 2 fully saturated rings. The minimum atomic E-state index is -3.81. The predicted octanol–water partition coefficient (Wildman–Crippen LogP) is 0.906. The number of sulfonamides is 1. The van der Waals surface area contributed by atoms with Crippen LogP contribution in [0.2, 0.25) is 0 Å². The molecule has 1 aromatic heterocycles. The highest BCUT2D eigenvalue weighted by Gasteiger charge is 2.65. The molecule has 0 spiro atoms. The smallest absolute Gasteiger partial charge is 0.273 e. The lowest BCUT2D eigenvalue weighted by Crippen LogP contribution is -2.43. The number of aromatic nitrogens is 2. The van der Waals surface area contributed by atoms with Crippen molar-refractivity contribution in [2.24, 2.45) is 16.7 Å². The maximum absolute atomic E-state index is 12.7. The van der Waals surface area contributed by atoms with Crippen LogP contribution < -0.4 is 10.0 Å². The average Bonchev–Trinajstić information content (AvgIpc) is 3.08. The van der Waals surface area contributed by atoms with E-state index in [-0.39, 0.29) is 34.3 Å². The molecule has 1 aromatic rings. The number of H-pyrrole nitrogens is 1. The summed E-state index contributed by atoms with van der Waals surface area (Å²) in [5, 5.41) is 8.64. The van der Waals surface area contributed by atoms with Crippen molar-refractivity contribution in [2.75, 3.05) is 17.5 Å². The van der Waals surface area contributed by atoms with Crippen LogP contribution in [-0.2, 0) is 14.8 Å². The number of carbonyl (C=O) groups is 2. The third-order valence-corrected chi connectivity index (χ3v) is 7.33. The maximum atomic E-state index is 12.7. The zero-order chi connectivity index (χ0) is 17.8. The van der Waals surface area contributed by atoms with Gasteiger partial charge in [0.05, 0.1) is 16.9 Å². The van der Waals surface area contributed by atoms with Gasteiger partial charge in [0, 0.05) is 19.7 Å².